The number of aliphatic hydroxyl groups is 1. The largest absolute Gasteiger partial charge is 0.389 e. The Bertz CT molecular complexity index is 583. The maximum absolute atomic E-state index is 12.1. The highest BCUT2D eigenvalue weighted by atomic mass is 32.2. The highest BCUT2D eigenvalue weighted by molar-refractivity contribution is 7.89. The zero-order valence-electron chi connectivity index (χ0n) is 10.5. The van der Waals surface area contributed by atoms with Crippen LogP contribution in [0.5, 0.6) is 0 Å². The van der Waals surface area contributed by atoms with Crippen molar-refractivity contribution in [3.63, 3.8) is 0 Å². The molecule has 1 aliphatic rings. The fraction of sp³-hybridized carbons (Fsp3) is 0.417. The molecule has 19 heavy (non-hydrogen) atoms. The number of aliphatic hydroxyl groups excluding tert-OH is 1. The Morgan fingerprint density at radius 3 is 2.79 bits per heavy atom. The average Bonchev–Trinajstić information content (AvgIpc) is 2.74. The zero-order valence-corrected chi connectivity index (χ0v) is 11.3. The predicted molar refractivity (Wildman–Crippen MR) is 68.8 cm³/mol. The van der Waals surface area contributed by atoms with Crippen LogP contribution in [-0.4, -0.2) is 32.0 Å². The molecule has 1 amide bonds. The Labute approximate surface area is 111 Å². The van der Waals surface area contributed by atoms with E-state index in [1.54, 1.807) is 19.1 Å². The Balaban J connectivity index is 2.19. The van der Waals surface area contributed by atoms with E-state index in [1.165, 1.54) is 12.1 Å². The van der Waals surface area contributed by atoms with Gasteiger partial charge in [0.15, 0.2) is 0 Å². The number of rotatable bonds is 4. The highest BCUT2D eigenvalue weighted by Gasteiger charge is 2.27. The second-order valence-corrected chi connectivity index (χ2v) is 6.29. The highest BCUT2D eigenvalue weighted by Crippen LogP contribution is 2.18. The summed E-state index contributed by atoms with van der Waals surface area (Å²) in [6, 6.07) is 5.70. The van der Waals surface area contributed by atoms with Gasteiger partial charge in [0.05, 0.1) is 11.0 Å². The molecule has 3 N–H and O–H groups in total. The molecule has 1 saturated heterocycles. The molecule has 0 aliphatic carbocycles. The zero-order chi connectivity index (χ0) is 14.0. The van der Waals surface area contributed by atoms with Crippen LogP contribution in [0.4, 0.5) is 0 Å². The van der Waals surface area contributed by atoms with Gasteiger partial charge in [-0.25, -0.2) is 13.1 Å². The number of carbonyl (C=O) groups excluding carboxylic acids is 1. The van der Waals surface area contributed by atoms with Crippen molar-refractivity contribution in [3.05, 3.63) is 29.8 Å². The van der Waals surface area contributed by atoms with Gasteiger partial charge < -0.3 is 10.4 Å². The number of sulfonamides is 1. The molecule has 0 saturated carbocycles. The van der Waals surface area contributed by atoms with Gasteiger partial charge in [-0.2, -0.15) is 0 Å². The first kappa shape index (κ1) is 14.0. The summed E-state index contributed by atoms with van der Waals surface area (Å²) in [6.45, 7) is 1.87. The lowest BCUT2D eigenvalue weighted by Gasteiger charge is -2.12. The molecule has 2 unspecified atom stereocenters. The van der Waals surface area contributed by atoms with E-state index >= 15 is 0 Å². The number of amides is 1. The van der Waals surface area contributed by atoms with Crippen LogP contribution in [0.3, 0.4) is 0 Å². The van der Waals surface area contributed by atoms with Crippen LogP contribution in [0.15, 0.2) is 29.2 Å². The Kier molecular flexibility index (Phi) is 3.88. The van der Waals surface area contributed by atoms with Gasteiger partial charge in [-0.15, -0.1) is 0 Å². The number of hydrogen-bond acceptors (Lipinski definition) is 4. The molecule has 2 atom stereocenters. The Hall–Kier alpha value is -1.44. The molecule has 1 heterocycles. The van der Waals surface area contributed by atoms with Gasteiger partial charge in [0, 0.05) is 19.0 Å². The second kappa shape index (κ2) is 5.28. The first-order valence-corrected chi connectivity index (χ1v) is 7.44. The van der Waals surface area contributed by atoms with Gasteiger partial charge in [-0.05, 0) is 24.6 Å². The molecule has 104 valence electrons. The lowest BCUT2D eigenvalue weighted by Crippen LogP contribution is -2.36. The van der Waals surface area contributed by atoms with E-state index in [-0.39, 0.29) is 17.2 Å². The molecule has 0 bridgehead atoms. The molecular formula is C12H16N2O4S. The summed E-state index contributed by atoms with van der Waals surface area (Å²) in [6.07, 6.45) is -0.583. The lowest BCUT2D eigenvalue weighted by atomic mass is 10.1. The van der Waals surface area contributed by atoms with E-state index in [4.69, 9.17) is 0 Å². The topological polar surface area (TPSA) is 95.5 Å². The first-order valence-electron chi connectivity index (χ1n) is 5.95. The van der Waals surface area contributed by atoms with Gasteiger partial charge in [0.2, 0.25) is 15.9 Å². The van der Waals surface area contributed by atoms with Gasteiger partial charge in [-0.3, -0.25) is 4.79 Å². The fourth-order valence-corrected chi connectivity index (χ4v) is 3.21. The van der Waals surface area contributed by atoms with E-state index in [9.17, 15) is 18.3 Å². The van der Waals surface area contributed by atoms with Gasteiger partial charge >= 0.3 is 0 Å². The minimum Gasteiger partial charge on any atom is -0.389 e. The molecule has 0 aromatic heterocycles. The molecule has 6 nitrogen and oxygen atoms in total. The molecule has 2 rings (SSSR count). The van der Waals surface area contributed by atoms with Crippen molar-refractivity contribution >= 4 is 15.9 Å². The summed E-state index contributed by atoms with van der Waals surface area (Å²) >= 11 is 0. The van der Waals surface area contributed by atoms with Crippen LogP contribution in [0.2, 0.25) is 0 Å². The standard InChI is InChI=1S/C12H16N2O4S/c1-8(15)9-3-2-4-11(5-9)19(17,18)14-10-6-12(16)13-7-10/h2-5,8,10,14-15H,6-7H2,1H3,(H,13,16). The molecule has 7 heteroatoms. The van der Waals surface area contributed by atoms with Crippen molar-refractivity contribution < 1.29 is 18.3 Å². The summed E-state index contributed by atoms with van der Waals surface area (Å²) in [4.78, 5) is 11.1. The smallest absolute Gasteiger partial charge is 0.240 e. The monoisotopic (exact) mass is 284 g/mol. The fourth-order valence-electron chi connectivity index (χ4n) is 1.92. The predicted octanol–water partition coefficient (Wildman–Crippen LogP) is -0.0933. The van der Waals surface area contributed by atoms with Gasteiger partial charge in [0.1, 0.15) is 0 Å². The third kappa shape index (κ3) is 3.31. The molecule has 0 radical (unpaired) electrons. The van der Waals surface area contributed by atoms with E-state index in [0.717, 1.165) is 0 Å². The minimum atomic E-state index is -3.68. The van der Waals surface area contributed by atoms with Crippen LogP contribution in [0, 0.1) is 0 Å². The Morgan fingerprint density at radius 1 is 1.47 bits per heavy atom. The van der Waals surface area contributed by atoms with E-state index in [2.05, 4.69) is 10.0 Å². The van der Waals surface area contributed by atoms with Crippen LogP contribution in [-0.2, 0) is 14.8 Å². The molecule has 1 fully saturated rings. The van der Waals surface area contributed by atoms with Crippen LogP contribution in [0.25, 0.3) is 0 Å². The quantitative estimate of drug-likeness (QED) is 0.720. The van der Waals surface area contributed by atoms with Crippen LogP contribution >= 0.6 is 0 Å². The van der Waals surface area contributed by atoms with Crippen molar-refractivity contribution in [2.24, 2.45) is 0 Å². The molecular weight excluding hydrogens is 268 g/mol. The summed E-state index contributed by atoms with van der Waals surface area (Å²) in [5.41, 5.74) is 0.531. The third-order valence-electron chi connectivity index (χ3n) is 2.95. The minimum absolute atomic E-state index is 0.0882. The summed E-state index contributed by atoms with van der Waals surface area (Å²) in [5.74, 6) is -0.162. The average molecular weight is 284 g/mol. The van der Waals surface area contributed by atoms with Crippen molar-refractivity contribution in [1.82, 2.24) is 10.0 Å². The lowest BCUT2D eigenvalue weighted by molar-refractivity contribution is -0.119. The van der Waals surface area contributed by atoms with Gasteiger partial charge in [0.25, 0.3) is 0 Å². The SMILES string of the molecule is CC(O)c1cccc(S(=O)(=O)NC2CNC(=O)C2)c1. The van der Waals surface area contributed by atoms with Crippen molar-refractivity contribution in [1.29, 1.82) is 0 Å². The maximum atomic E-state index is 12.1. The van der Waals surface area contributed by atoms with Crippen LogP contribution < -0.4 is 10.0 Å². The van der Waals surface area contributed by atoms with Crippen molar-refractivity contribution in [3.8, 4) is 0 Å². The summed E-state index contributed by atoms with van der Waals surface area (Å²) in [7, 11) is -3.68. The molecule has 1 aromatic rings. The van der Waals surface area contributed by atoms with E-state index in [0.29, 0.717) is 12.1 Å². The number of hydrogen-bond donors (Lipinski definition) is 3. The number of benzene rings is 1. The number of carbonyl (C=O) groups is 1. The molecule has 1 aliphatic heterocycles. The third-order valence-corrected chi connectivity index (χ3v) is 4.47. The van der Waals surface area contributed by atoms with Crippen molar-refractivity contribution in [2.45, 2.75) is 30.4 Å². The van der Waals surface area contributed by atoms with Crippen molar-refractivity contribution in [2.75, 3.05) is 6.54 Å². The van der Waals surface area contributed by atoms with E-state index < -0.39 is 22.2 Å². The van der Waals surface area contributed by atoms with E-state index in [1.807, 2.05) is 0 Å². The first-order chi connectivity index (χ1) is 8.88. The number of nitrogens with one attached hydrogen (secondary N) is 2. The molecule has 1 aromatic carbocycles. The summed E-state index contributed by atoms with van der Waals surface area (Å²) in [5, 5.41) is 12.0. The van der Waals surface area contributed by atoms with Crippen LogP contribution in [0.1, 0.15) is 25.0 Å². The normalized spacial score (nSPS) is 21.2. The summed E-state index contributed by atoms with van der Waals surface area (Å²) < 4.78 is 26.8. The second-order valence-electron chi connectivity index (χ2n) is 4.57. The van der Waals surface area contributed by atoms with Gasteiger partial charge in [-0.1, -0.05) is 12.1 Å². The maximum Gasteiger partial charge on any atom is 0.240 e. The molecule has 0 spiro atoms. The Morgan fingerprint density at radius 2 is 2.21 bits per heavy atom.